The van der Waals surface area contributed by atoms with Crippen LogP contribution in [0.5, 0.6) is 0 Å². The third kappa shape index (κ3) is 2.56. The summed E-state index contributed by atoms with van der Waals surface area (Å²) in [6.45, 7) is 3.89. The lowest BCUT2D eigenvalue weighted by atomic mass is 10.1. The Morgan fingerprint density at radius 1 is 1.10 bits per heavy atom. The fourth-order valence-corrected chi connectivity index (χ4v) is 2.50. The summed E-state index contributed by atoms with van der Waals surface area (Å²) >= 11 is 6.22. The number of para-hydroxylation sites is 1. The topological polar surface area (TPSA) is 44.9 Å². The Morgan fingerprint density at radius 3 is 2.62 bits per heavy atom. The van der Waals surface area contributed by atoms with Crippen molar-refractivity contribution in [2.45, 2.75) is 0 Å². The molecular formula is C17H13ClN2O. The second-order valence-electron chi connectivity index (χ2n) is 4.66. The highest BCUT2D eigenvalue weighted by molar-refractivity contribution is 6.37. The van der Waals surface area contributed by atoms with Crippen LogP contribution in [0.25, 0.3) is 16.5 Å². The van der Waals surface area contributed by atoms with Gasteiger partial charge in [-0.15, -0.1) is 0 Å². The number of hydrogen-bond donors (Lipinski definition) is 2. The number of carbonyl (C=O) groups excluding carboxylic acids is 1. The van der Waals surface area contributed by atoms with Crippen LogP contribution in [0, 0.1) is 0 Å². The minimum Gasteiger partial charge on any atom is -0.360 e. The number of hydrogen-bond acceptors (Lipinski definition) is 1. The summed E-state index contributed by atoms with van der Waals surface area (Å²) < 4.78 is 0. The van der Waals surface area contributed by atoms with Crippen LogP contribution < -0.4 is 5.32 Å². The van der Waals surface area contributed by atoms with Gasteiger partial charge in [0, 0.05) is 33.9 Å². The highest BCUT2D eigenvalue weighted by Gasteiger charge is 2.15. The van der Waals surface area contributed by atoms with Crippen molar-refractivity contribution in [3.63, 3.8) is 0 Å². The van der Waals surface area contributed by atoms with Gasteiger partial charge in [-0.2, -0.15) is 0 Å². The van der Waals surface area contributed by atoms with E-state index < -0.39 is 0 Å². The van der Waals surface area contributed by atoms with Crippen molar-refractivity contribution in [2.24, 2.45) is 0 Å². The van der Waals surface area contributed by atoms with E-state index in [4.69, 9.17) is 11.6 Å². The molecule has 0 saturated carbocycles. The third-order valence-electron chi connectivity index (χ3n) is 3.29. The average molecular weight is 297 g/mol. The first-order chi connectivity index (χ1) is 10.2. The Bertz CT molecular complexity index is 821. The van der Waals surface area contributed by atoms with E-state index in [1.54, 1.807) is 12.3 Å². The molecule has 21 heavy (non-hydrogen) atoms. The van der Waals surface area contributed by atoms with Crippen LogP contribution in [0.15, 0.2) is 61.3 Å². The van der Waals surface area contributed by atoms with E-state index >= 15 is 0 Å². The fourth-order valence-electron chi connectivity index (χ4n) is 2.23. The monoisotopic (exact) mass is 296 g/mol. The number of anilines is 1. The lowest BCUT2D eigenvalue weighted by molar-refractivity contribution is -0.111. The molecule has 3 rings (SSSR count). The van der Waals surface area contributed by atoms with Gasteiger partial charge in [-0.1, -0.05) is 42.4 Å². The van der Waals surface area contributed by atoms with Crippen molar-refractivity contribution in [2.75, 3.05) is 5.32 Å². The molecule has 0 spiro atoms. The molecule has 1 amide bonds. The molecule has 0 unspecified atom stereocenters. The van der Waals surface area contributed by atoms with Gasteiger partial charge >= 0.3 is 0 Å². The maximum atomic E-state index is 12.3. The van der Waals surface area contributed by atoms with E-state index in [1.165, 1.54) is 0 Å². The van der Waals surface area contributed by atoms with E-state index in [9.17, 15) is 4.79 Å². The summed E-state index contributed by atoms with van der Waals surface area (Å²) in [5.74, 6) is -0.248. The Morgan fingerprint density at radius 2 is 1.86 bits per heavy atom. The van der Waals surface area contributed by atoms with E-state index in [0.717, 1.165) is 16.6 Å². The maximum absolute atomic E-state index is 12.3. The SMILES string of the molecule is C=C(C(=O)Nc1ccccc1)c1c[nH]c2cccc(Cl)c12. The van der Waals surface area contributed by atoms with Crippen molar-refractivity contribution in [1.82, 2.24) is 4.98 Å². The number of rotatable bonds is 3. The molecule has 0 aliphatic rings. The zero-order valence-corrected chi connectivity index (χ0v) is 11.9. The van der Waals surface area contributed by atoms with Gasteiger partial charge in [-0.3, -0.25) is 4.79 Å². The summed E-state index contributed by atoms with van der Waals surface area (Å²) in [5, 5.41) is 4.23. The molecule has 2 N–H and O–H groups in total. The number of benzene rings is 2. The third-order valence-corrected chi connectivity index (χ3v) is 3.60. The second-order valence-corrected chi connectivity index (χ2v) is 5.07. The van der Waals surface area contributed by atoms with Crippen LogP contribution in [0.3, 0.4) is 0 Å². The molecular weight excluding hydrogens is 284 g/mol. The molecule has 0 atom stereocenters. The van der Waals surface area contributed by atoms with Gasteiger partial charge in [-0.25, -0.2) is 0 Å². The van der Waals surface area contributed by atoms with Gasteiger partial charge in [0.1, 0.15) is 0 Å². The quantitative estimate of drug-likeness (QED) is 0.688. The normalized spacial score (nSPS) is 10.5. The van der Waals surface area contributed by atoms with Gasteiger partial charge in [-0.05, 0) is 24.3 Å². The number of fused-ring (bicyclic) bond motifs is 1. The zero-order chi connectivity index (χ0) is 14.8. The van der Waals surface area contributed by atoms with Crippen molar-refractivity contribution in [3.8, 4) is 0 Å². The molecule has 0 aliphatic heterocycles. The number of halogens is 1. The Balaban J connectivity index is 1.92. The second kappa shape index (κ2) is 5.46. The number of nitrogens with one attached hydrogen (secondary N) is 2. The first-order valence-electron chi connectivity index (χ1n) is 6.48. The number of amides is 1. The van der Waals surface area contributed by atoms with Crippen LogP contribution >= 0.6 is 11.6 Å². The number of carbonyl (C=O) groups is 1. The lowest BCUT2D eigenvalue weighted by Gasteiger charge is -2.07. The summed E-state index contributed by atoms with van der Waals surface area (Å²) in [6, 6.07) is 14.8. The zero-order valence-electron chi connectivity index (χ0n) is 11.2. The van der Waals surface area contributed by atoms with Gasteiger partial charge in [0.05, 0.1) is 5.02 Å². The van der Waals surface area contributed by atoms with Gasteiger partial charge in [0.25, 0.3) is 5.91 Å². The van der Waals surface area contributed by atoms with Gasteiger partial charge in [0.15, 0.2) is 0 Å². The largest absolute Gasteiger partial charge is 0.360 e. The molecule has 104 valence electrons. The van der Waals surface area contributed by atoms with E-state index in [-0.39, 0.29) is 5.91 Å². The van der Waals surface area contributed by atoms with Gasteiger partial charge in [0.2, 0.25) is 0 Å². The number of H-pyrrole nitrogens is 1. The predicted molar refractivity (Wildman–Crippen MR) is 87.4 cm³/mol. The molecule has 0 aliphatic carbocycles. The molecule has 0 saturated heterocycles. The van der Waals surface area contributed by atoms with Gasteiger partial charge < -0.3 is 10.3 Å². The highest BCUT2D eigenvalue weighted by atomic mass is 35.5. The van der Waals surface area contributed by atoms with E-state index in [2.05, 4.69) is 16.9 Å². The van der Waals surface area contributed by atoms with Crippen molar-refractivity contribution in [1.29, 1.82) is 0 Å². The molecule has 1 heterocycles. The van der Waals surface area contributed by atoms with Crippen LogP contribution in [-0.2, 0) is 4.79 Å². The molecule has 3 aromatic rings. The standard InChI is InChI=1S/C17H13ClN2O/c1-11(17(21)20-12-6-3-2-4-7-12)13-10-19-15-9-5-8-14(18)16(13)15/h2-10,19H,1H2,(H,20,21). The lowest BCUT2D eigenvalue weighted by Crippen LogP contribution is -2.12. The van der Waals surface area contributed by atoms with Crippen LogP contribution in [0.1, 0.15) is 5.56 Å². The van der Waals surface area contributed by atoms with Crippen LogP contribution in [-0.4, -0.2) is 10.9 Å². The smallest absolute Gasteiger partial charge is 0.255 e. The van der Waals surface area contributed by atoms with Crippen molar-refractivity contribution < 1.29 is 4.79 Å². The molecule has 0 bridgehead atoms. The first-order valence-corrected chi connectivity index (χ1v) is 6.86. The van der Waals surface area contributed by atoms with E-state index in [0.29, 0.717) is 16.2 Å². The predicted octanol–water partition coefficient (Wildman–Crippen LogP) is 4.47. The summed E-state index contributed by atoms with van der Waals surface area (Å²) in [5.41, 5.74) is 2.70. The molecule has 1 aromatic heterocycles. The van der Waals surface area contributed by atoms with Crippen molar-refractivity contribution >= 4 is 39.7 Å². The van der Waals surface area contributed by atoms with Crippen molar-refractivity contribution in [3.05, 3.63) is 71.9 Å². The number of aromatic amines is 1. The Kier molecular flexibility index (Phi) is 3.50. The summed E-state index contributed by atoms with van der Waals surface area (Å²) in [6.07, 6.45) is 1.75. The summed E-state index contributed by atoms with van der Waals surface area (Å²) in [4.78, 5) is 15.4. The fraction of sp³-hybridized carbons (Fsp3) is 0. The first kappa shape index (κ1) is 13.5. The highest BCUT2D eigenvalue weighted by Crippen LogP contribution is 2.30. The van der Waals surface area contributed by atoms with E-state index in [1.807, 2.05) is 42.5 Å². The minimum absolute atomic E-state index is 0.248. The van der Waals surface area contributed by atoms with Crippen LogP contribution in [0.2, 0.25) is 5.02 Å². The number of aromatic nitrogens is 1. The molecule has 0 radical (unpaired) electrons. The maximum Gasteiger partial charge on any atom is 0.255 e. The average Bonchev–Trinajstić information content (AvgIpc) is 2.93. The molecule has 0 fully saturated rings. The minimum atomic E-state index is -0.248. The molecule has 3 nitrogen and oxygen atoms in total. The Labute approximate surface area is 127 Å². The molecule has 4 heteroatoms. The van der Waals surface area contributed by atoms with Crippen LogP contribution in [0.4, 0.5) is 5.69 Å². The summed E-state index contributed by atoms with van der Waals surface area (Å²) in [7, 11) is 0. The Hall–Kier alpha value is -2.52. The molecule has 2 aromatic carbocycles.